The summed E-state index contributed by atoms with van der Waals surface area (Å²) < 4.78 is 0. The van der Waals surface area contributed by atoms with Crippen LogP contribution in [0.25, 0.3) is 0 Å². The summed E-state index contributed by atoms with van der Waals surface area (Å²) in [5.41, 5.74) is 0. The molecule has 0 spiro atoms. The Morgan fingerprint density at radius 1 is 1.44 bits per heavy atom. The van der Waals surface area contributed by atoms with E-state index >= 15 is 0 Å². The average molecular weight is 240 g/mol. The normalized spacial score (nSPS) is 25.3. The molecule has 0 atom stereocenters. The van der Waals surface area contributed by atoms with Gasteiger partial charge in [0.2, 0.25) is 0 Å². The van der Waals surface area contributed by atoms with Crippen LogP contribution in [0.1, 0.15) is 35.4 Å². The quantitative estimate of drug-likeness (QED) is 0.790. The van der Waals surface area contributed by atoms with Crippen molar-refractivity contribution >= 4 is 17.2 Å². The van der Waals surface area contributed by atoms with Gasteiger partial charge < -0.3 is 10.2 Å². The Hall–Kier alpha value is -0.910. The fourth-order valence-electron chi connectivity index (χ4n) is 2.01. The smallest absolute Gasteiger partial charge is 0.261 e. The Morgan fingerprint density at radius 3 is 2.75 bits per heavy atom. The molecule has 5 heteroatoms. The highest BCUT2D eigenvalue weighted by Crippen LogP contribution is 2.20. The van der Waals surface area contributed by atoms with Crippen molar-refractivity contribution in [1.29, 1.82) is 0 Å². The number of hydrogen-bond donors (Lipinski definition) is 2. The van der Waals surface area contributed by atoms with Crippen molar-refractivity contribution < 1.29 is 9.63 Å². The van der Waals surface area contributed by atoms with Crippen LogP contribution in [-0.2, 0) is 4.84 Å². The van der Waals surface area contributed by atoms with Gasteiger partial charge in [-0.25, -0.2) is 5.90 Å². The Labute approximate surface area is 98.7 Å². The van der Waals surface area contributed by atoms with Gasteiger partial charge in [-0.1, -0.05) is 6.07 Å². The van der Waals surface area contributed by atoms with Gasteiger partial charge in [0, 0.05) is 6.04 Å². The summed E-state index contributed by atoms with van der Waals surface area (Å²) in [7, 11) is 0. The predicted octanol–water partition coefficient (Wildman–Crippen LogP) is 1.68. The molecule has 1 saturated carbocycles. The van der Waals surface area contributed by atoms with Crippen LogP contribution >= 0.6 is 11.3 Å². The van der Waals surface area contributed by atoms with E-state index in [1.807, 2.05) is 17.5 Å². The van der Waals surface area contributed by atoms with Gasteiger partial charge >= 0.3 is 0 Å². The second-order valence-electron chi connectivity index (χ2n) is 4.06. The molecule has 0 radical (unpaired) electrons. The van der Waals surface area contributed by atoms with Crippen LogP contribution in [-0.4, -0.2) is 18.1 Å². The number of carbonyl (C=O) groups excluding carboxylic acids is 1. The van der Waals surface area contributed by atoms with Crippen molar-refractivity contribution in [2.75, 3.05) is 0 Å². The maximum atomic E-state index is 11.8. The van der Waals surface area contributed by atoms with Crippen molar-refractivity contribution in [2.45, 2.75) is 37.8 Å². The molecule has 0 unspecified atom stereocenters. The Balaban J connectivity index is 1.81. The Bertz CT molecular complexity index is 332. The number of nitrogens with one attached hydrogen (secondary N) is 1. The number of hydrogen-bond acceptors (Lipinski definition) is 4. The molecule has 0 aromatic carbocycles. The number of amides is 1. The topological polar surface area (TPSA) is 64.3 Å². The van der Waals surface area contributed by atoms with Gasteiger partial charge in [-0.05, 0) is 37.1 Å². The number of carbonyl (C=O) groups is 1. The van der Waals surface area contributed by atoms with Crippen molar-refractivity contribution in [3.63, 3.8) is 0 Å². The van der Waals surface area contributed by atoms with Crippen LogP contribution in [0.5, 0.6) is 0 Å². The largest absolute Gasteiger partial charge is 0.349 e. The zero-order valence-electron chi connectivity index (χ0n) is 9.02. The van der Waals surface area contributed by atoms with Crippen molar-refractivity contribution in [3.8, 4) is 0 Å². The molecular weight excluding hydrogens is 224 g/mol. The first-order valence-corrected chi connectivity index (χ1v) is 6.37. The van der Waals surface area contributed by atoms with Crippen LogP contribution in [0.3, 0.4) is 0 Å². The van der Waals surface area contributed by atoms with E-state index in [9.17, 15) is 4.79 Å². The summed E-state index contributed by atoms with van der Waals surface area (Å²) in [5, 5.41) is 4.95. The SMILES string of the molecule is NOC1CCC(NC(=O)c2cccs2)CC1. The average Bonchev–Trinajstić information content (AvgIpc) is 2.83. The molecule has 1 aromatic rings. The first-order valence-electron chi connectivity index (χ1n) is 5.49. The van der Waals surface area contributed by atoms with Gasteiger partial charge in [0.05, 0.1) is 11.0 Å². The lowest BCUT2D eigenvalue weighted by Gasteiger charge is -2.27. The lowest BCUT2D eigenvalue weighted by Crippen LogP contribution is -2.39. The van der Waals surface area contributed by atoms with Gasteiger partial charge in [0.1, 0.15) is 0 Å². The van der Waals surface area contributed by atoms with Gasteiger partial charge in [0.25, 0.3) is 5.91 Å². The summed E-state index contributed by atoms with van der Waals surface area (Å²) in [6.07, 6.45) is 3.89. The highest BCUT2D eigenvalue weighted by Gasteiger charge is 2.22. The molecule has 1 aliphatic carbocycles. The monoisotopic (exact) mass is 240 g/mol. The second-order valence-corrected chi connectivity index (χ2v) is 5.01. The van der Waals surface area contributed by atoms with E-state index in [0.29, 0.717) is 0 Å². The molecule has 16 heavy (non-hydrogen) atoms. The molecule has 1 heterocycles. The molecule has 1 amide bonds. The molecule has 2 rings (SSSR count). The van der Waals surface area contributed by atoms with Crippen LogP contribution in [0, 0.1) is 0 Å². The van der Waals surface area contributed by atoms with E-state index in [1.165, 1.54) is 11.3 Å². The van der Waals surface area contributed by atoms with E-state index in [1.54, 1.807) is 0 Å². The van der Waals surface area contributed by atoms with Crippen LogP contribution in [0.2, 0.25) is 0 Å². The molecule has 1 aliphatic rings. The summed E-state index contributed by atoms with van der Waals surface area (Å²) >= 11 is 1.47. The van der Waals surface area contributed by atoms with Crippen LogP contribution < -0.4 is 11.2 Å². The van der Waals surface area contributed by atoms with Gasteiger partial charge in [-0.15, -0.1) is 11.3 Å². The maximum Gasteiger partial charge on any atom is 0.261 e. The molecule has 88 valence electrons. The first-order chi connectivity index (χ1) is 7.79. The molecule has 0 saturated heterocycles. The number of nitrogens with two attached hydrogens (primary N) is 1. The zero-order chi connectivity index (χ0) is 11.4. The van der Waals surface area contributed by atoms with Gasteiger partial charge in [-0.2, -0.15) is 0 Å². The highest BCUT2D eigenvalue weighted by atomic mass is 32.1. The van der Waals surface area contributed by atoms with Crippen molar-refractivity contribution in [3.05, 3.63) is 22.4 Å². The van der Waals surface area contributed by atoms with Crippen molar-refractivity contribution in [1.82, 2.24) is 5.32 Å². The molecule has 3 N–H and O–H groups in total. The fraction of sp³-hybridized carbons (Fsp3) is 0.545. The number of thiophene rings is 1. The molecule has 4 nitrogen and oxygen atoms in total. The van der Waals surface area contributed by atoms with E-state index in [-0.39, 0.29) is 18.1 Å². The third kappa shape index (κ3) is 2.81. The third-order valence-corrected chi connectivity index (χ3v) is 3.82. The highest BCUT2D eigenvalue weighted by molar-refractivity contribution is 7.12. The Morgan fingerprint density at radius 2 is 2.19 bits per heavy atom. The molecule has 0 bridgehead atoms. The van der Waals surface area contributed by atoms with Gasteiger partial charge in [0.15, 0.2) is 0 Å². The zero-order valence-corrected chi connectivity index (χ0v) is 9.83. The summed E-state index contributed by atoms with van der Waals surface area (Å²) in [4.78, 5) is 17.3. The summed E-state index contributed by atoms with van der Waals surface area (Å²) in [6, 6.07) is 3.99. The van der Waals surface area contributed by atoms with Crippen molar-refractivity contribution in [2.24, 2.45) is 5.90 Å². The molecule has 1 aromatic heterocycles. The third-order valence-electron chi connectivity index (χ3n) is 2.95. The minimum absolute atomic E-state index is 0.0344. The summed E-state index contributed by atoms with van der Waals surface area (Å²) in [6.45, 7) is 0. The Kier molecular flexibility index (Phi) is 3.93. The second kappa shape index (κ2) is 5.43. The minimum Gasteiger partial charge on any atom is -0.349 e. The maximum absolute atomic E-state index is 11.8. The lowest BCUT2D eigenvalue weighted by molar-refractivity contribution is 0.0217. The van der Waals surface area contributed by atoms with Gasteiger partial charge in [-0.3, -0.25) is 4.79 Å². The van der Waals surface area contributed by atoms with Crippen LogP contribution in [0.15, 0.2) is 17.5 Å². The first kappa shape index (κ1) is 11.6. The van der Waals surface area contributed by atoms with Crippen LogP contribution in [0.4, 0.5) is 0 Å². The lowest BCUT2D eigenvalue weighted by atomic mass is 9.93. The minimum atomic E-state index is 0.0344. The predicted molar refractivity (Wildman–Crippen MR) is 63.1 cm³/mol. The fourth-order valence-corrected chi connectivity index (χ4v) is 2.63. The molecule has 1 fully saturated rings. The number of rotatable bonds is 3. The van der Waals surface area contributed by atoms with E-state index in [4.69, 9.17) is 10.7 Å². The van der Waals surface area contributed by atoms with E-state index in [0.717, 1.165) is 30.6 Å². The van der Waals surface area contributed by atoms with E-state index in [2.05, 4.69) is 5.32 Å². The molecule has 0 aliphatic heterocycles. The standard InChI is InChI=1S/C11H16N2O2S/c12-15-9-5-3-8(4-6-9)13-11(14)10-2-1-7-16-10/h1-2,7-9H,3-6,12H2,(H,13,14). The molecular formula is C11H16N2O2S. The summed E-state index contributed by atoms with van der Waals surface area (Å²) in [5.74, 6) is 5.18. The van der Waals surface area contributed by atoms with E-state index < -0.39 is 0 Å².